The number of carbonyl (C=O) groups is 1. The highest BCUT2D eigenvalue weighted by atomic mass is 19.1. The van der Waals surface area contributed by atoms with Crippen LogP contribution in [-0.2, 0) is 12.8 Å². The first-order valence-corrected chi connectivity index (χ1v) is 8.51. The van der Waals surface area contributed by atoms with Gasteiger partial charge in [0.1, 0.15) is 17.3 Å². The molecule has 1 aliphatic carbocycles. The van der Waals surface area contributed by atoms with Crippen molar-refractivity contribution in [2.24, 2.45) is 0 Å². The van der Waals surface area contributed by atoms with E-state index in [4.69, 9.17) is 0 Å². The van der Waals surface area contributed by atoms with Crippen LogP contribution in [0.1, 0.15) is 33.7 Å². The predicted octanol–water partition coefficient (Wildman–Crippen LogP) is 3.77. The van der Waals surface area contributed by atoms with Gasteiger partial charge in [-0.3, -0.25) is 4.79 Å². The van der Waals surface area contributed by atoms with Crippen molar-refractivity contribution in [3.63, 3.8) is 0 Å². The highest BCUT2D eigenvalue weighted by Crippen LogP contribution is 2.30. The Morgan fingerprint density at radius 3 is 2.85 bits per heavy atom. The number of phenols is 1. The topological polar surface area (TPSA) is 67.2 Å². The number of para-hydroxylation sites is 1. The van der Waals surface area contributed by atoms with E-state index in [9.17, 15) is 14.3 Å². The van der Waals surface area contributed by atoms with Crippen LogP contribution in [0.4, 0.5) is 10.1 Å². The van der Waals surface area contributed by atoms with Gasteiger partial charge in [0.05, 0.1) is 5.69 Å². The highest BCUT2D eigenvalue weighted by Gasteiger charge is 2.28. The van der Waals surface area contributed by atoms with Gasteiger partial charge in [0.15, 0.2) is 5.69 Å². The molecule has 26 heavy (non-hydrogen) atoms. The second-order valence-electron chi connectivity index (χ2n) is 6.47. The number of fused-ring (bicyclic) bond motifs is 1. The minimum absolute atomic E-state index is 0.00543. The Hall–Kier alpha value is -3.15. The third kappa shape index (κ3) is 2.73. The number of aromatic nitrogens is 2. The fourth-order valence-electron chi connectivity index (χ4n) is 3.37. The Labute approximate surface area is 150 Å². The van der Waals surface area contributed by atoms with Crippen LogP contribution in [0.25, 0.3) is 5.69 Å². The van der Waals surface area contributed by atoms with Crippen LogP contribution >= 0.6 is 0 Å². The van der Waals surface area contributed by atoms with Crippen molar-refractivity contribution in [2.45, 2.75) is 26.2 Å². The minimum Gasteiger partial charge on any atom is -0.506 e. The van der Waals surface area contributed by atoms with E-state index in [0.717, 1.165) is 36.1 Å². The summed E-state index contributed by atoms with van der Waals surface area (Å²) in [6.45, 7) is 1.87. The number of halogens is 1. The number of anilines is 1. The molecule has 0 atom stereocenters. The van der Waals surface area contributed by atoms with Gasteiger partial charge in [-0.2, -0.15) is 5.10 Å². The Bertz CT molecular complexity index is 1010. The molecule has 0 radical (unpaired) electrons. The van der Waals surface area contributed by atoms with E-state index in [1.807, 2.05) is 6.92 Å². The monoisotopic (exact) mass is 351 g/mol. The van der Waals surface area contributed by atoms with E-state index in [1.54, 1.807) is 30.3 Å². The summed E-state index contributed by atoms with van der Waals surface area (Å²) < 4.78 is 15.7. The second-order valence-corrected chi connectivity index (χ2v) is 6.47. The standard InChI is InChI=1S/C20H18FN3O2/c1-12-9-10-18(25)15(11-12)22-20(26)19-13-5-4-8-16(13)24(23-19)17-7-3-2-6-14(17)21/h2-3,6-7,9-11,25H,4-5,8H2,1H3,(H,22,26). The molecule has 0 fully saturated rings. The number of nitrogens with one attached hydrogen (secondary N) is 1. The van der Waals surface area contributed by atoms with E-state index in [-0.39, 0.29) is 17.3 Å². The summed E-state index contributed by atoms with van der Waals surface area (Å²) in [4.78, 5) is 12.8. The molecule has 6 heteroatoms. The predicted molar refractivity (Wildman–Crippen MR) is 96.3 cm³/mol. The highest BCUT2D eigenvalue weighted by molar-refractivity contribution is 6.05. The van der Waals surface area contributed by atoms with E-state index in [1.165, 1.54) is 16.8 Å². The molecule has 2 N–H and O–H groups in total. The average molecular weight is 351 g/mol. The SMILES string of the molecule is Cc1ccc(O)c(NC(=O)c2nn(-c3ccccc3F)c3c2CCC3)c1. The summed E-state index contributed by atoms with van der Waals surface area (Å²) in [5.74, 6) is -0.791. The van der Waals surface area contributed by atoms with Crippen LogP contribution in [0.2, 0.25) is 0 Å². The molecule has 0 saturated carbocycles. The third-order valence-electron chi connectivity index (χ3n) is 4.63. The first-order valence-electron chi connectivity index (χ1n) is 8.51. The summed E-state index contributed by atoms with van der Waals surface area (Å²) in [6, 6.07) is 11.4. The number of aromatic hydroxyl groups is 1. The lowest BCUT2D eigenvalue weighted by molar-refractivity contribution is 0.102. The maximum Gasteiger partial charge on any atom is 0.276 e. The molecule has 0 bridgehead atoms. The van der Waals surface area contributed by atoms with Gasteiger partial charge in [0.25, 0.3) is 5.91 Å². The summed E-state index contributed by atoms with van der Waals surface area (Å²) in [7, 11) is 0. The van der Waals surface area contributed by atoms with Gasteiger partial charge in [0.2, 0.25) is 0 Å². The molecule has 1 aliphatic rings. The summed E-state index contributed by atoms with van der Waals surface area (Å²) in [5, 5.41) is 17.1. The van der Waals surface area contributed by atoms with Crippen molar-refractivity contribution in [2.75, 3.05) is 5.32 Å². The van der Waals surface area contributed by atoms with Crippen LogP contribution in [0.5, 0.6) is 5.75 Å². The number of hydrogen-bond acceptors (Lipinski definition) is 3. The third-order valence-corrected chi connectivity index (χ3v) is 4.63. The molecule has 0 unspecified atom stereocenters. The van der Waals surface area contributed by atoms with Crippen molar-refractivity contribution in [1.29, 1.82) is 0 Å². The number of nitrogens with zero attached hydrogens (tertiary/aromatic N) is 2. The molecule has 132 valence electrons. The largest absolute Gasteiger partial charge is 0.506 e. The maximum atomic E-state index is 14.2. The summed E-state index contributed by atoms with van der Waals surface area (Å²) in [5.41, 5.74) is 3.58. The van der Waals surface area contributed by atoms with Crippen molar-refractivity contribution >= 4 is 11.6 Å². The van der Waals surface area contributed by atoms with Crippen LogP contribution in [0, 0.1) is 12.7 Å². The molecular formula is C20H18FN3O2. The first kappa shape index (κ1) is 16.3. The lowest BCUT2D eigenvalue weighted by atomic mass is 10.1. The number of aryl methyl sites for hydroxylation is 1. The molecular weight excluding hydrogens is 333 g/mol. The van der Waals surface area contributed by atoms with Crippen LogP contribution in [0.15, 0.2) is 42.5 Å². The molecule has 1 aromatic heterocycles. The van der Waals surface area contributed by atoms with E-state index in [0.29, 0.717) is 11.4 Å². The number of phenolic OH excluding ortho intramolecular Hbond substituents is 1. The summed E-state index contributed by atoms with van der Waals surface area (Å²) in [6.07, 6.45) is 2.38. The van der Waals surface area contributed by atoms with Crippen molar-refractivity contribution in [3.8, 4) is 11.4 Å². The van der Waals surface area contributed by atoms with E-state index >= 15 is 0 Å². The molecule has 0 saturated heterocycles. The van der Waals surface area contributed by atoms with Gasteiger partial charge in [-0.05, 0) is 56.0 Å². The molecule has 1 heterocycles. The number of amides is 1. The Morgan fingerprint density at radius 1 is 1.23 bits per heavy atom. The number of rotatable bonds is 3. The van der Waals surface area contributed by atoms with Crippen molar-refractivity contribution in [3.05, 3.63) is 70.8 Å². The zero-order valence-corrected chi connectivity index (χ0v) is 14.3. The van der Waals surface area contributed by atoms with Crippen molar-refractivity contribution < 1.29 is 14.3 Å². The van der Waals surface area contributed by atoms with E-state index in [2.05, 4.69) is 10.4 Å². The zero-order chi connectivity index (χ0) is 18.3. The van der Waals surface area contributed by atoms with Crippen LogP contribution in [0.3, 0.4) is 0 Å². The van der Waals surface area contributed by atoms with Gasteiger partial charge < -0.3 is 10.4 Å². The molecule has 0 spiro atoms. The first-order chi connectivity index (χ1) is 12.5. The molecule has 3 aromatic rings. The smallest absolute Gasteiger partial charge is 0.276 e. The Morgan fingerprint density at radius 2 is 2.04 bits per heavy atom. The second kappa shape index (κ2) is 6.29. The quantitative estimate of drug-likeness (QED) is 0.706. The van der Waals surface area contributed by atoms with Gasteiger partial charge in [-0.25, -0.2) is 9.07 Å². The van der Waals surface area contributed by atoms with Gasteiger partial charge in [0, 0.05) is 11.3 Å². The normalized spacial score (nSPS) is 12.8. The number of benzene rings is 2. The van der Waals surface area contributed by atoms with Gasteiger partial charge in [-0.15, -0.1) is 0 Å². The zero-order valence-electron chi connectivity index (χ0n) is 14.3. The summed E-state index contributed by atoms with van der Waals surface area (Å²) >= 11 is 0. The fourth-order valence-corrected chi connectivity index (χ4v) is 3.37. The maximum absolute atomic E-state index is 14.2. The van der Waals surface area contributed by atoms with Gasteiger partial charge >= 0.3 is 0 Å². The van der Waals surface area contributed by atoms with E-state index < -0.39 is 5.91 Å². The minimum atomic E-state index is -0.404. The lowest BCUT2D eigenvalue weighted by Crippen LogP contribution is -2.15. The molecule has 0 aliphatic heterocycles. The number of hydrogen-bond donors (Lipinski definition) is 2. The molecule has 1 amide bonds. The van der Waals surface area contributed by atoms with Gasteiger partial charge in [-0.1, -0.05) is 18.2 Å². The lowest BCUT2D eigenvalue weighted by Gasteiger charge is -2.08. The Kier molecular flexibility index (Phi) is 3.95. The van der Waals surface area contributed by atoms with Crippen LogP contribution in [-0.4, -0.2) is 20.8 Å². The molecule has 4 rings (SSSR count). The van der Waals surface area contributed by atoms with Crippen LogP contribution < -0.4 is 5.32 Å². The molecule has 2 aromatic carbocycles. The Balaban J connectivity index is 1.74. The van der Waals surface area contributed by atoms with Crippen molar-refractivity contribution in [1.82, 2.24) is 9.78 Å². The number of carbonyl (C=O) groups excluding carboxylic acids is 1. The molecule has 5 nitrogen and oxygen atoms in total. The fraction of sp³-hybridized carbons (Fsp3) is 0.200. The average Bonchev–Trinajstić information content (AvgIpc) is 3.21.